The standard InChI is InChI=1S/C29H44O5S/c1-15(17(3)26(33)34)7-8-16(2)18-9-10-19-24-20(30)13-22-27(4,12-11-23(32)29(22,6)35)25(24)21(31)14-28(18,19)5/h16-20,22-23,30,32,35H,1,7-14H2,2-6H3,(H,33,34)/t16-,17?,18-,19?,20+,22?,23-,27+,28-,29-/m1/s1. The van der Waals surface area contributed by atoms with Crippen LogP contribution in [0.1, 0.15) is 86.0 Å². The van der Waals surface area contributed by atoms with Crippen LogP contribution in [0.25, 0.3) is 0 Å². The van der Waals surface area contributed by atoms with Gasteiger partial charge < -0.3 is 15.3 Å². The number of aliphatic hydroxyl groups is 2. The predicted octanol–water partition coefficient (Wildman–Crippen LogP) is 5.21. The van der Waals surface area contributed by atoms with Crippen LogP contribution >= 0.6 is 12.6 Å². The van der Waals surface area contributed by atoms with Gasteiger partial charge in [-0.25, -0.2) is 0 Å². The number of aliphatic carboxylic acids is 1. The lowest BCUT2D eigenvalue weighted by Crippen LogP contribution is -2.59. The molecule has 4 aliphatic rings. The number of carbonyl (C=O) groups excluding carboxylic acids is 1. The molecule has 0 amide bonds. The van der Waals surface area contributed by atoms with Crippen molar-refractivity contribution in [2.75, 3.05) is 0 Å². The minimum absolute atomic E-state index is 0.0532. The molecule has 0 aromatic rings. The second kappa shape index (κ2) is 9.02. The van der Waals surface area contributed by atoms with Crippen LogP contribution in [0, 0.1) is 40.4 Å². The highest BCUT2D eigenvalue weighted by molar-refractivity contribution is 7.81. The van der Waals surface area contributed by atoms with E-state index in [-0.39, 0.29) is 28.4 Å². The van der Waals surface area contributed by atoms with Crippen LogP contribution in [0.4, 0.5) is 0 Å². The summed E-state index contributed by atoms with van der Waals surface area (Å²) < 4.78 is -0.643. The topological polar surface area (TPSA) is 94.8 Å². The van der Waals surface area contributed by atoms with Gasteiger partial charge in [-0.05, 0) is 93.5 Å². The molecule has 196 valence electrons. The Labute approximate surface area is 215 Å². The maximum atomic E-state index is 13.9. The van der Waals surface area contributed by atoms with Crippen molar-refractivity contribution >= 4 is 24.4 Å². The largest absolute Gasteiger partial charge is 0.481 e. The summed E-state index contributed by atoms with van der Waals surface area (Å²) in [6.07, 6.45) is 4.73. The van der Waals surface area contributed by atoms with Crippen LogP contribution in [0.5, 0.6) is 0 Å². The molecule has 35 heavy (non-hydrogen) atoms. The maximum absolute atomic E-state index is 13.9. The van der Waals surface area contributed by atoms with Crippen molar-refractivity contribution in [3.63, 3.8) is 0 Å². The number of hydrogen-bond donors (Lipinski definition) is 4. The number of Topliss-reactive ketones (excluding diaryl/α,β-unsaturated/α-hetero) is 1. The highest BCUT2D eigenvalue weighted by atomic mass is 32.1. The molecular weight excluding hydrogens is 460 g/mol. The molecule has 0 radical (unpaired) electrons. The average molecular weight is 505 g/mol. The van der Waals surface area contributed by atoms with Gasteiger partial charge in [0.2, 0.25) is 0 Å². The van der Waals surface area contributed by atoms with Gasteiger partial charge in [-0.3, -0.25) is 9.59 Å². The quantitative estimate of drug-likeness (QED) is 0.294. The van der Waals surface area contributed by atoms with Gasteiger partial charge in [-0.2, -0.15) is 12.6 Å². The number of carbonyl (C=O) groups is 2. The van der Waals surface area contributed by atoms with Crippen molar-refractivity contribution in [2.24, 2.45) is 40.4 Å². The summed E-state index contributed by atoms with van der Waals surface area (Å²) in [5.41, 5.74) is 2.04. The van der Waals surface area contributed by atoms with Crippen molar-refractivity contribution in [3.8, 4) is 0 Å². The number of carboxylic acids is 1. The number of thiol groups is 1. The first kappa shape index (κ1) is 26.9. The van der Waals surface area contributed by atoms with Crippen molar-refractivity contribution in [1.29, 1.82) is 0 Å². The summed E-state index contributed by atoms with van der Waals surface area (Å²) in [6.45, 7) is 14.3. The van der Waals surface area contributed by atoms with Crippen molar-refractivity contribution in [2.45, 2.75) is 103 Å². The van der Waals surface area contributed by atoms with E-state index in [1.165, 1.54) is 0 Å². The number of fused-ring (bicyclic) bond motifs is 4. The van der Waals surface area contributed by atoms with E-state index in [0.29, 0.717) is 37.5 Å². The molecule has 0 heterocycles. The van der Waals surface area contributed by atoms with Crippen LogP contribution in [-0.2, 0) is 9.59 Å². The molecule has 6 heteroatoms. The zero-order valence-electron chi connectivity index (χ0n) is 22.0. The molecule has 4 aliphatic carbocycles. The third kappa shape index (κ3) is 4.06. The van der Waals surface area contributed by atoms with Gasteiger partial charge in [-0.1, -0.05) is 32.9 Å². The van der Waals surface area contributed by atoms with E-state index in [1.54, 1.807) is 6.92 Å². The van der Waals surface area contributed by atoms with Crippen LogP contribution in [0.2, 0.25) is 0 Å². The smallest absolute Gasteiger partial charge is 0.310 e. The predicted molar refractivity (Wildman–Crippen MR) is 140 cm³/mol. The SMILES string of the molecule is C=C(CC[C@@H](C)[C@H]1CCC2C3=C(C(=O)C[C@@]21C)[C@@]1(C)CC[C@@H](O)[C@](C)(S)C1C[C@@H]3O)C(C)C(=O)O. The van der Waals surface area contributed by atoms with Crippen molar-refractivity contribution < 1.29 is 24.9 Å². The lowest BCUT2D eigenvalue weighted by Gasteiger charge is -2.59. The molecule has 10 atom stereocenters. The van der Waals surface area contributed by atoms with E-state index < -0.39 is 28.8 Å². The Morgan fingerprint density at radius 3 is 2.46 bits per heavy atom. The van der Waals surface area contributed by atoms with Gasteiger partial charge in [0.25, 0.3) is 0 Å². The van der Waals surface area contributed by atoms with E-state index >= 15 is 0 Å². The molecule has 2 saturated carbocycles. The Morgan fingerprint density at radius 1 is 1.17 bits per heavy atom. The summed E-state index contributed by atoms with van der Waals surface area (Å²) in [5, 5.41) is 31.5. The first-order valence-electron chi connectivity index (χ1n) is 13.4. The fourth-order valence-corrected chi connectivity index (χ4v) is 9.23. The fourth-order valence-electron chi connectivity index (χ4n) is 8.71. The zero-order valence-corrected chi connectivity index (χ0v) is 22.9. The van der Waals surface area contributed by atoms with E-state index in [4.69, 9.17) is 12.6 Å². The van der Waals surface area contributed by atoms with Crippen LogP contribution in [0.15, 0.2) is 23.3 Å². The van der Waals surface area contributed by atoms with Gasteiger partial charge in [-0.15, -0.1) is 0 Å². The summed E-state index contributed by atoms with van der Waals surface area (Å²) in [7, 11) is 0. The van der Waals surface area contributed by atoms with Crippen LogP contribution in [0.3, 0.4) is 0 Å². The molecule has 3 N–H and O–H groups in total. The molecule has 4 rings (SSSR count). The fraction of sp³-hybridized carbons (Fsp3) is 0.793. The number of allylic oxidation sites excluding steroid dienone is 1. The second-order valence-corrected chi connectivity index (χ2v) is 13.9. The number of rotatable bonds is 6. The molecule has 5 nitrogen and oxygen atoms in total. The first-order valence-corrected chi connectivity index (χ1v) is 13.9. The number of ketones is 1. The Balaban J connectivity index is 1.62. The summed E-state index contributed by atoms with van der Waals surface area (Å²) in [5.74, 6) is -0.383. The third-order valence-corrected chi connectivity index (χ3v) is 11.6. The average Bonchev–Trinajstić information content (AvgIpc) is 3.12. The molecule has 0 aromatic carbocycles. The lowest BCUT2D eigenvalue weighted by molar-refractivity contribution is -0.140. The highest BCUT2D eigenvalue weighted by Gasteiger charge is 2.63. The lowest BCUT2D eigenvalue weighted by atomic mass is 9.47. The normalized spacial score (nSPS) is 44.8. The number of carboxylic acid groups (broad SMARTS) is 1. The minimum atomic E-state index is -0.835. The Morgan fingerprint density at radius 2 is 1.83 bits per heavy atom. The Hall–Kier alpha value is -1.11. The number of aliphatic hydroxyl groups excluding tert-OH is 2. The molecular formula is C29H44O5S. The molecule has 0 aromatic heterocycles. The third-order valence-electron chi connectivity index (χ3n) is 11.0. The summed E-state index contributed by atoms with van der Waals surface area (Å²) in [6, 6.07) is 0. The highest BCUT2D eigenvalue weighted by Crippen LogP contribution is 2.66. The van der Waals surface area contributed by atoms with Gasteiger partial charge in [0.1, 0.15) is 0 Å². The van der Waals surface area contributed by atoms with Gasteiger partial charge in [0, 0.05) is 22.2 Å². The molecule has 0 saturated heterocycles. The molecule has 2 fully saturated rings. The first-order chi connectivity index (χ1) is 16.2. The number of hydrogen-bond acceptors (Lipinski definition) is 5. The Bertz CT molecular complexity index is 953. The summed E-state index contributed by atoms with van der Waals surface area (Å²) >= 11 is 4.88. The van der Waals surface area contributed by atoms with Gasteiger partial charge in [0.15, 0.2) is 5.78 Å². The molecule has 0 bridgehead atoms. The summed E-state index contributed by atoms with van der Waals surface area (Å²) in [4.78, 5) is 25.3. The van der Waals surface area contributed by atoms with Gasteiger partial charge in [0.05, 0.1) is 18.1 Å². The minimum Gasteiger partial charge on any atom is -0.481 e. The van der Waals surface area contributed by atoms with Crippen molar-refractivity contribution in [1.82, 2.24) is 0 Å². The molecule has 0 spiro atoms. The maximum Gasteiger partial charge on any atom is 0.310 e. The zero-order chi connectivity index (χ0) is 26.1. The van der Waals surface area contributed by atoms with E-state index in [9.17, 15) is 24.9 Å². The van der Waals surface area contributed by atoms with E-state index in [1.807, 2.05) is 6.92 Å². The molecule has 0 aliphatic heterocycles. The monoisotopic (exact) mass is 504 g/mol. The van der Waals surface area contributed by atoms with Crippen LogP contribution < -0.4 is 0 Å². The second-order valence-electron chi connectivity index (χ2n) is 12.9. The van der Waals surface area contributed by atoms with Gasteiger partial charge >= 0.3 is 5.97 Å². The van der Waals surface area contributed by atoms with E-state index in [2.05, 4.69) is 27.4 Å². The van der Waals surface area contributed by atoms with Crippen molar-refractivity contribution in [3.05, 3.63) is 23.3 Å². The Kier molecular flexibility index (Phi) is 6.94. The van der Waals surface area contributed by atoms with Crippen LogP contribution in [-0.4, -0.2) is 44.0 Å². The molecule has 3 unspecified atom stereocenters. The van der Waals surface area contributed by atoms with E-state index in [0.717, 1.165) is 42.4 Å².